The Morgan fingerprint density at radius 1 is 1.40 bits per heavy atom. The first-order valence-electron chi connectivity index (χ1n) is 5.29. The predicted octanol–water partition coefficient (Wildman–Crippen LogP) is 2.49. The van der Waals surface area contributed by atoms with E-state index >= 15 is 0 Å². The second-order valence-corrected chi connectivity index (χ2v) is 9.16. The lowest BCUT2D eigenvalue weighted by Gasteiger charge is -2.46. The van der Waals surface area contributed by atoms with Crippen LogP contribution in [0.15, 0.2) is 0 Å². The highest BCUT2D eigenvalue weighted by Gasteiger charge is 2.33. The van der Waals surface area contributed by atoms with E-state index in [2.05, 4.69) is 33.3 Å². The van der Waals surface area contributed by atoms with Gasteiger partial charge in [-0.05, 0) is 12.5 Å². The van der Waals surface area contributed by atoms with Crippen molar-refractivity contribution in [3.05, 3.63) is 0 Å². The smallest absolute Gasteiger partial charge is 0.308 e. The molecule has 0 aromatic rings. The lowest BCUT2D eigenvalue weighted by Crippen LogP contribution is -2.33. The van der Waals surface area contributed by atoms with Crippen LogP contribution < -0.4 is 0 Å². The van der Waals surface area contributed by atoms with Crippen molar-refractivity contribution in [2.75, 3.05) is 19.1 Å². The fraction of sp³-hybridized carbons (Fsp3) is 0.909. The summed E-state index contributed by atoms with van der Waals surface area (Å²) in [6.45, 7) is 7.06. The molecular weight excluding hydrogens is 212 g/mol. The zero-order valence-corrected chi connectivity index (χ0v) is 11.1. The van der Waals surface area contributed by atoms with E-state index in [1.54, 1.807) is 0 Å². The van der Waals surface area contributed by atoms with E-state index in [0.29, 0.717) is 13.0 Å². The average Bonchev–Trinajstić information content (AvgIpc) is 2.00. The highest BCUT2D eigenvalue weighted by Crippen LogP contribution is 2.55. The Bertz CT molecular complexity index is 243. The average molecular weight is 234 g/mol. The zero-order chi connectivity index (χ0) is 11.7. The molecule has 15 heavy (non-hydrogen) atoms. The van der Waals surface area contributed by atoms with Gasteiger partial charge in [0.1, 0.15) is 0 Å². The van der Waals surface area contributed by atoms with Gasteiger partial charge < -0.3 is 8.92 Å². The molecule has 3 nitrogen and oxygen atoms in total. The molecule has 0 unspecified atom stereocenters. The first-order valence-corrected chi connectivity index (χ1v) is 7.66. The first kappa shape index (κ1) is 12.8. The SMILES string of the molecule is CC(C)(C)S(C)(C)O[C@@H]1CCOC(=O)C1. The molecule has 0 N–H and O–H groups in total. The molecule has 1 rings (SSSR count). The van der Waals surface area contributed by atoms with Crippen LogP contribution in [0.2, 0.25) is 0 Å². The molecule has 1 fully saturated rings. The van der Waals surface area contributed by atoms with Gasteiger partial charge in [0, 0.05) is 11.2 Å². The number of ether oxygens (including phenoxy) is 1. The monoisotopic (exact) mass is 234 g/mol. The molecule has 1 saturated heterocycles. The van der Waals surface area contributed by atoms with Crippen molar-refractivity contribution in [2.24, 2.45) is 0 Å². The highest BCUT2D eigenvalue weighted by atomic mass is 32.3. The molecular formula is C11H22O3S. The van der Waals surface area contributed by atoms with Crippen molar-refractivity contribution < 1.29 is 13.7 Å². The van der Waals surface area contributed by atoms with Gasteiger partial charge in [-0.15, -0.1) is 10.3 Å². The van der Waals surface area contributed by atoms with Crippen LogP contribution in [0.25, 0.3) is 0 Å². The molecule has 0 aliphatic carbocycles. The summed E-state index contributed by atoms with van der Waals surface area (Å²) in [6, 6.07) is 0. The van der Waals surface area contributed by atoms with Gasteiger partial charge in [-0.25, -0.2) is 0 Å². The van der Waals surface area contributed by atoms with Crippen LogP contribution in [0.5, 0.6) is 0 Å². The van der Waals surface area contributed by atoms with Crippen molar-refractivity contribution in [3.63, 3.8) is 0 Å². The lowest BCUT2D eigenvalue weighted by molar-refractivity contribution is -0.150. The van der Waals surface area contributed by atoms with Crippen molar-refractivity contribution in [3.8, 4) is 0 Å². The summed E-state index contributed by atoms with van der Waals surface area (Å²) in [5, 5.41) is 0. The van der Waals surface area contributed by atoms with Crippen molar-refractivity contribution in [1.29, 1.82) is 0 Å². The number of carbonyl (C=O) groups is 1. The van der Waals surface area contributed by atoms with Crippen LogP contribution in [0, 0.1) is 0 Å². The van der Waals surface area contributed by atoms with Gasteiger partial charge in [0.25, 0.3) is 0 Å². The minimum atomic E-state index is -1.13. The molecule has 1 aliphatic rings. The second-order valence-electron chi connectivity index (χ2n) is 5.28. The summed E-state index contributed by atoms with van der Waals surface area (Å²) in [4.78, 5) is 11.1. The Morgan fingerprint density at radius 2 is 2.00 bits per heavy atom. The summed E-state index contributed by atoms with van der Waals surface area (Å²) < 4.78 is 11.1. The minimum Gasteiger partial charge on any atom is -0.465 e. The summed E-state index contributed by atoms with van der Waals surface area (Å²) in [5.41, 5.74) is 0. The molecule has 90 valence electrons. The summed E-state index contributed by atoms with van der Waals surface area (Å²) in [5.74, 6) is -0.129. The Kier molecular flexibility index (Phi) is 3.71. The van der Waals surface area contributed by atoms with E-state index in [-0.39, 0.29) is 16.8 Å². The van der Waals surface area contributed by atoms with E-state index in [9.17, 15) is 4.79 Å². The molecule has 0 aromatic heterocycles. The predicted molar refractivity (Wildman–Crippen MR) is 64.3 cm³/mol. The molecule has 1 aliphatic heterocycles. The second kappa shape index (κ2) is 4.34. The minimum absolute atomic E-state index is 0.0514. The summed E-state index contributed by atoms with van der Waals surface area (Å²) in [6.07, 6.45) is 5.61. The quantitative estimate of drug-likeness (QED) is 0.689. The van der Waals surface area contributed by atoms with Gasteiger partial charge in [0.05, 0.1) is 19.1 Å². The third-order valence-electron chi connectivity index (χ3n) is 2.95. The molecule has 4 heteroatoms. The van der Waals surface area contributed by atoms with Crippen LogP contribution in [-0.4, -0.2) is 35.9 Å². The summed E-state index contributed by atoms with van der Waals surface area (Å²) in [7, 11) is -1.13. The van der Waals surface area contributed by atoms with E-state index in [1.165, 1.54) is 0 Å². The van der Waals surface area contributed by atoms with Gasteiger partial charge in [-0.3, -0.25) is 4.79 Å². The molecule has 1 heterocycles. The maximum absolute atomic E-state index is 11.1. The third-order valence-corrected chi connectivity index (χ3v) is 6.65. The highest BCUT2D eigenvalue weighted by molar-refractivity contribution is 8.29. The van der Waals surface area contributed by atoms with Crippen LogP contribution >= 0.6 is 10.3 Å². The van der Waals surface area contributed by atoms with Gasteiger partial charge in [-0.2, -0.15) is 0 Å². The normalized spacial score (nSPS) is 24.9. The van der Waals surface area contributed by atoms with Crippen molar-refractivity contribution in [2.45, 2.75) is 44.5 Å². The van der Waals surface area contributed by atoms with Crippen molar-refractivity contribution >= 4 is 16.3 Å². The molecule has 1 atom stereocenters. The van der Waals surface area contributed by atoms with Crippen LogP contribution in [-0.2, 0) is 13.7 Å². The Balaban J connectivity index is 2.57. The molecule has 0 bridgehead atoms. The van der Waals surface area contributed by atoms with E-state index in [4.69, 9.17) is 8.92 Å². The fourth-order valence-electron chi connectivity index (χ4n) is 1.22. The zero-order valence-electron chi connectivity index (χ0n) is 10.3. The standard InChI is InChI=1S/C11H22O3S/c1-11(2,3)15(4,5)14-9-6-7-13-10(12)8-9/h9H,6-8H2,1-5H3/t9-/m1/s1. The van der Waals surface area contributed by atoms with Gasteiger partial charge in [0.2, 0.25) is 0 Å². The number of cyclic esters (lactones) is 1. The number of hydrogen-bond donors (Lipinski definition) is 0. The number of rotatable bonds is 2. The maximum atomic E-state index is 11.1. The van der Waals surface area contributed by atoms with Gasteiger partial charge >= 0.3 is 5.97 Å². The van der Waals surface area contributed by atoms with Crippen LogP contribution in [0.3, 0.4) is 0 Å². The van der Waals surface area contributed by atoms with Crippen LogP contribution in [0.1, 0.15) is 33.6 Å². The topological polar surface area (TPSA) is 35.5 Å². The van der Waals surface area contributed by atoms with E-state index in [1.807, 2.05) is 0 Å². The number of carbonyl (C=O) groups excluding carboxylic acids is 1. The molecule has 0 saturated carbocycles. The summed E-state index contributed by atoms with van der Waals surface area (Å²) >= 11 is 0. The lowest BCUT2D eigenvalue weighted by atomic mass is 10.2. The maximum Gasteiger partial charge on any atom is 0.308 e. The molecule has 0 amide bonds. The Labute approximate surface area is 94.0 Å². The fourth-order valence-corrected chi connectivity index (χ4v) is 2.35. The third kappa shape index (κ3) is 3.38. The molecule has 0 radical (unpaired) electrons. The first-order chi connectivity index (χ1) is 6.72. The number of hydrogen-bond acceptors (Lipinski definition) is 3. The largest absolute Gasteiger partial charge is 0.465 e. The van der Waals surface area contributed by atoms with E-state index in [0.717, 1.165) is 6.42 Å². The van der Waals surface area contributed by atoms with E-state index < -0.39 is 10.3 Å². The van der Waals surface area contributed by atoms with Crippen LogP contribution in [0.4, 0.5) is 0 Å². The Morgan fingerprint density at radius 3 is 2.47 bits per heavy atom. The Hall–Kier alpha value is -0.220. The number of esters is 1. The molecule has 0 spiro atoms. The molecule has 0 aromatic carbocycles. The van der Waals surface area contributed by atoms with Gasteiger partial charge in [-0.1, -0.05) is 20.8 Å². The van der Waals surface area contributed by atoms with Gasteiger partial charge in [0.15, 0.2) is 0 Å². The van der Waals surface area contributed by atoms with Crippen molar-refractivity contribution in [1.82, 2.24) is 0 Å².